The Hall–Kier alpha value is -3.16. The highest BCUT2D eigenvalue weighted by Gasteiger charge is 2.27. The second-order valence-corrected chi connectivity index (χ2v) is 5.01. The fraction of sp³-hybridized carbons (Fsp3) is 0.176. The van der Waals surface area contributed by atoms with Crippen LogP contribution in [0.25, 0.3) is 0 Å². The molecule has 0 radical (unpaired) electrons. The van der Waals surface area contributed by atoms with Crippen molar-refractivity contribution in [2.45, 2.75) is 12.7 Å². The Bertz CT molecular complexity index is 783. The zero-order chi connectivity index (χ0) is 17.6. The van der Waals surface area contributed by atoms with Gasteiger partial charge < -0.3 is 14.2 Å². The van der Waals surface area contributed by atoms with Crippen LogP contribution in [0.5, 0.6) is 17.2 Å². The van der Waals surface area contributed by atoms with E-state index >= 15 is 0 Å². The van der Waals surface area contributed by atoms with E-state index in [4.69, 9.17) is 9.47 Å². The molecule has 0 spiro atoms. The van der Waals surface area contributed by atoms with Gasteiger partial charge in [-0.05, 0) is 24.3 Å². The molecule has 2 aromatic rings. The maximum Gasteiger partial charge on any atom is 0.387 e. The van der Waals surface area contributed by atoms with Gasteiger partial charge in [0.05, 0.1) is 6.21 Å². The number of rotatable bonds is 5. The summed E-state index contributed by atoms with van der Waals surface area (Å²) < 4.78 is 40.1. The van der Waals surface area contributed by atoms with Crippen LogP contribution in [-0.2, 0) is 4.79 Å². The third-order valence-corrected chi connectivity index (χ3v) is 3.31. The van der Waals surface area contributed by atoms with Crippen molar-refractivity contribution in [1.82, 2.24) is 5.43 Å². The zero-order valence-electron chi connectivity index (χ0n) is 12.9. The minimum atomic E-state index is -2.95. The van der Waals surface area contributed by atoms with Crippen molar-refractivity contribution in [3.63, 3.8) is 0 Å². The van der Waals surface area contributed by atoms with Crippen LogP contribution < -0.4 is 19.6 Å². The van der Waals surface area contributed by atoms with E-state index in [1.165, 1.54) is 18.3 Å². The highest BCUT2D eigenvalue weighted by atomic mass is 19.3. The molecule has 1 atom stereocenters. The van der Waals surface area contributed by atoms with Gasteiger partial charge in [0.1, 0.15) is 12.4 Å². The number of hydrogen-bond acceptors (Lipinski definition) is 5. The van der Waals surface area contributed by atoms with Gasteiger partial charge in [-0.2, -0.15) is 13.9 Å². The van der Waals surface area contributed by atoms with Gasteiger partial charge >= 0.3 is 6.61 Å². The van der Waals surface area contributed by atoms with E-state index in [-0.39, 0.29) is 12.4 Å². The molecule has 1 aliphatic heterocycles. The van der Waals surface area contributed by atoms with Crippen molar-refractivity contribution < 1.29 is 27.8 Å². The van der Waals surface area contributed by atoms with E-state index in [0.29, 0.717) is 17.1 Å². The number of benzene rings is 2. The zero-order valence-corrected chi connectivity index (χ0v) is 12.9. The van der Waals surface area contributed by atoms with E-state index < -0.39 is 18.6 Å². The first kappa shape index (κ1) is 16.7. The molecule has 6 nitrogen and oxygen atoms in total. The first-order chi connectivity index (χ1) is 12.1. The molecule has 0 bridgehead atoms. The number of nitrogens with one attached hydrogen (secondary N) is 1. The third kappa shape index (κ3) is 4.23. The lowest BCUT2D eigenvalue weighted by Gasteiger charge is -2.24. The lowest BCUT2D eigenvalue weighted by atomic mass is 10.2. The lowest BCUT2D eigenvalue weighted by molar-refractivity contribution is -0.130. The molecule has 0 aliphatic carbocycles. The summed E-state index contributed by atoms with van der Waals surface area (Å²) in [5, 5.41) is 3.76. The van der Waals surface area contributed by atoms with Crippen molar-refractivity contribution in [2.24, 2.45) is 5.10 Å². The highest BCUT2D eigenvalue weighted by Crippen LogP contribution is 2.30. The van der Waals surface area contributed by atoms with Crippen LogP contribution in [0.3, 0.4) is 0 Å². The van der Waals surface area contributed by atoms with Crippen LogP contribution in [0.4, 0.5) is 8.78 Å². The number of fused-ring (bicyclic) bond motifs is 1. The largest absolute Gasteiger partial charge is 0.485 e. The molecule has 0 saturated carbocycles. The maximum absolute atomic E-state index is 12.3. The molecule has 130 valence electrons. The van der Waals surface area contributed by atoms with Crippen LogP contribution in [0, 0.1) is 0 Å². The Balaban J connectivity index is 1.61. The summed E-state index contributed by atoms with van der Waals surface area (Å²) in [6, 6.07) is 13.1. The summed E-state index contributed by atoms with van der Waals surface area (Å²) in [6.45, 7) is -2.90. The minimum absolute atomic E-state index is 0.0401. The fourth-order valence-corrected chi connectivity index (χ4v) is 2.18. The summed E-state index contributed by atoms with van der Waals surface area (Å²) in [4.78, 5) is 12.1. The summed E-state index contributed by atoms with van der Waals surface area (Å²) in [5.41, 5.74) is 2.59. The van der Waals surface area contributed by atoms with Gasteiger partial charge in [0.2, 0.25) is 6.10 Å². The molecule has 1 amide bonds. The predicted octanol–water partition coefficient (Wildman–Crippen LogP) is 2.58. The van der Waals surface area contributed by atoms with E-state index in [9.17, 15) is 13.6 Å². The lowest BCUT2D eigenvalue weighted by Crippen LogP contribution is -2.42. The summed E-state index contributed by atoms with van der Waals surface area (Å²) in [7, 11) is 0. The normalized spacial score (nSPS) is 16.0. The van der Waals surface area contributed by atoms with E-state index in [2.05, 4.69) is 15.3 Å². The quantitative estimate of drug-likeness (QED) is 0.666. The molecule has 3 rings (SSSR count). The van der Waals surface area contributed by atoms with Crippen LogP contribution in [-0.4, -0.2) is 31.4 Å². The van der Waals surface area contributed by atoms with Gasteiger partial charge in [-0.3, -0.25) is 4.79 Å². The number of para-hydroxylation sites is 3. The van der Waals surface area contributed by atoms with Gasteiger partial charge in [-0.15, -0.1) is 0 Å². The first-order valence-electron chi connectivity index (χ1n) is 7.39. The number of ether oxygens (including phenoxy) is 3. The Kier molecular flexibility index (Phi) is 5.08. The molecule has 2 aromatic carbocycles. The van der Waals surface area contributed by atoms with E-state index in [1.54, 1.807) is 36.4 Å². The highest BCUT2D eigenvalue weighted by molar-refractivity contribution is 5.86. The molecule has 1 N–H and O–H groups in total. The summed E-state index contributed by atoms with van der Waals surface area (Å²) in [5.74, 6) is 0.473. The molecule has 0 unspecified atom stereocenters. The average Bonchev–Trinajstić information content (AvgIpc) is 2.62. The van der Waals surface area contributed by atoms with Crippen molar-refractivity contribution >= 4 is 12.1 Å². The number of amides is 1. The molecular formula is C17H14F2N2O4. The fourth-order valence-electron chi connectivity index (χ4n) is 2.18. The molecule has 8 heteroatoms. The van der Waals surface area contributed by atoms with Crippen LogP contribution in [0.15, 0.2) is 53.6 Å². The number of alkyl halides is 2. The Morgan fingerprint density at radius 3 is 2.72 bits per heavy atom. The molecule has 1 heterocycles. The monoisotopic (exact) mass is 348 g/mol. The first-order valence-corrected chi connectivity index (χ1v) is 7.39. The topological polar surface area (TPSA) is 69.2 Å². The number of hydrazone groups is 1. The van der Waals surface area contributed by atoms with E-state index in [1.807, 2.05) is 0 Å². The minimum Gasteiger partial charge on any atom is -0.485 e. The summed E-state index contributed by atoms with van der Waals surface area (Å²) in [6.07, 6.45) is 0.354. The molecular weight excluding hydrogens is 334 g/mol. The average molecular weight is 348 g/mol. The molecule has 0 saturated heterocycles. The van der Waals surface area contributed by atoms with Gasteiger partial charge in [0.15, 0.2) is 11.5 Å². The SMILES string of the molecule is O=C(N/N=C\c1ccccc1OC(F)F)[C@H]1COc2ccccc2O1. The predicted molar refractivity (Wildman–Crippen MR) is 85.2 cm³/mol. The van der Waals surface area contributed by atoms with Crippen LogP contribution >= 0.6 is 0 Å². The number of carbonyl (C=O) groups is 1. The van der Waals surface area contributed by atoms with Gasteiger partial charge in [-0.25, -0.2) is 5.43 Å². The van der Waals surface area contributed by atoms with Crippen molar-refractivity contribution in [3.8, 4) is 17.2 Å². The number of hydrogen-bond donors (Lipinski definition) is 1. The van der Waals surface area contributed by atoms with Crippen LogP contribution in [0.2, 0.25) is 0 Å². The molecule has 1 aliphatic rings. The maximum atomic E-state index is 12.3. The number of carbonyl (C=O) groups excluding carboxylic acids is 1. The van der Waals surface area contributed by atoms with Crippen LogP contribution in [0.1, 0.15) is 5.56 Å². The Morgan fingerprint density at radius 2 is 1.92 bits per heavy atom. The van der Waals surface area contributed by atoms with Gasteiger partial charge in [0, 0.05) is 5.56 Å². The summed E-state index contributed by atoms with van der Waals surface area (Å²) >= 11 is 0. The second kappa shape index (κ2) is 7.61. The molecule has 0 aromatic heterocycles. The van der Waals surface area contributed by atoms with Crippen molar-refractivity contribution in [2.75, 3.05) is 6.61 Å². The van der Waals surface area contributed by atoms with Gasteiger partial charge in [0.25, 0.3) is 5.91 Å². The Morgan fingerprint density at radius 1 is 1.20 bits per heavy atom. The molecule has 0 fully saturated rings. The standard InChI is InChI=1S/C17H14F2N2O4/c18-17(19)25-12-6-2-1-5-11(12)9-20-21-16(22)15-10-23-13-7-3-4-8-14(13)24-15/h1-9,15,17H,10H2,(H,21,22)/b20-9-/t15-/m1/s1. The second-order valence-electron chi connectivity index (χ2n) is 5.01. The third-order valence-electron chi connectivity index (χ3n) is 3.31. The van der Waals surface area contributed by atoms with Crippen molar-refractivity contribution in [3.05, 3.63) is 54.1 Å². The number of halogens is 2. The smallest absolute Gasteiger partial charge is 0.387 e. The number of nitrogens with zero attached hydrogens (tertiary/aromatic N) is 1. The Labute approximate surface area is 142 Å². The molecule has 25 heavy (non-hydrogen) atoms. The van der Waals surface area contributed by atoms with E-state index in [0.717, 1.165) is 0 Å². The van der Waals surface area contributed by atoms with Crippen molar-refractivity contribution in [1.29, 1.82) is 0 Å². The van der Waals surface area contributed by atoms with Gasteiger partial charge in [-0.1, -0.05) is 24.3 Å².